The lowest BCUT2D eigenvalue weighted by molar-refractivity contribution is -0.160. The van der Waals surface area contributed by atoms with Crippen molar-refractivity contribution in [1.29, 1.82) is 0 Å². The summed E-state index contributed by atoms with van der Waals surface area (Å²) in [6, 6.07) is 6.07. The molecule has 1 saturated heterocycles. The van der Waals surface area contributed by atoms with Crippen molar-refractivity contribution in [2.45, 2.75) is 24.3 Å². The van der Waals surface area contributed by atoms with Gasteiger partial charge in [-0.25, -0.2) is 8.42 Å². The summed E-state index contributed by atoms with van der Waals surface area (Å²) in [5.41, 5.74) is -1.21. The summed E-state index contributed by atoms with van der Waals surface area (Å²) in [6.07, 6.45) is 0. The summed E-state index contributed by atoms with van der Waals surface area (Å²) in [7, 11) is -2.24. The monoisotopic (exact) mass is 299 g/mol. The number of carbonyl (C=O) groups is 1. The number of benzene rings is 1. The van der Waals surface area contributed by atoms with Gasteiger partial charge in [0.25, 0.3) is 0 Å². The molecule has 0 amide bonds. The predicted molar refractivity (Wildman–Crippen MR) is 71.9 cm³/mol. The van der Waals surface area contributed by atoms with Gasteiger partial charge in [0.05, 0.1) is 12.0 Å². The molecular formula is C13H17NO5S. The van der Waals surface area contributed by atoms with Crippen LogP contribution in [0.15, 0.2) is 29.2 Å². The van der Waals surface area contributed by atoms with Crippen LogP contribution in [0.25, 0.3) is 0 Å². The van der Waals surface area contributed by atoms with Crippen LogP contribution < -0.4 is 4.74 Å². The predicted octanol–water partition coefficient (Wildman–Crippen LogP) is 1.02. The van der Waals surface area contributed by atoms with Crippen LogP contribution in [0.2, 0.25) is 0 Å². The van der Waals surface area contributed by atoms with Gasteiger partial charge < -0.3 is 9.47 Å². The van der Waals surface area contributed by atoms with Crippen LogP contribution >= 0.6 is 0 Å². The molecule has 1 aromatic carbocycles. The minimum absolute atomic E-state index is 0.0671. The van der Waals surface area contributed by atoms with E-state index < -0.39 is 21.5 Å². The second-order valence-electron chi connectivity index (χ2n) is 4.95. The van der Waals surface area contributed by atoms with Crippen molar-refractivity contribution < 1.29 is 22.7 Å². The first-order valence-electron chi connectivity index (χ1n) is 6.14. The summed E-state index contributed by atoms with van der Waals surface area (Å²) in [6.45, 7) is 3.29. The van der Waals surface area contributed by atoms with E-state index in [0.29, 0.717) is 5.75 Å². The van der Waals surface area contributed by atoms with Gasteiger partial charge in [-0.2, -0.15) is 4.31 Å². The van der Waals surface area contributed by atoms with E-state index in [-0.39, 0.29) is 18.0 Å². The lowest BCUT2D eigenvalue weighted by atomic mass is 10.1. The van der Waals surface area contributed by atoms with Crippen molar-refractivity contribution >= 4 is 16.0 Å². The number of hydrogen-bond acceptors (Lipinski definition) is 5. The molecule has 1 heterocycles. The molecule has 0 radical (unpaired) electrons. The fourth-order valence-electron chi connectivity index (χ4n) is 2.07. The smallest absolute Gasteiger partial charge is 0.327 e. The Morgan fingerprint density at radius 1 is 1.25 bits per heavy atom. The first kappa shape index (κ1) is 14.8. The van der Waals surface area contributed by atoms with Crippen molar-refractivity contribution in [2.75, 3.05) is 20.3 Å². The number of rotatable bonds is 3. The topological polar surface area (TPSA) is 72.9 Å². The zero-order chi connectivity index (χ0) is 15.0. The molecule has 1 aliphatic heterocycles. The summed E-state index contributed by atoms with van der Waals surface area (Å²) >= 11 is 0. The Labute approximate surface area is 118 Å². The van der Waals surface area contributed by atoms with Crippen molar-refractivity contribution in [3.8, 4) is 5.75 Å². The Bertz CT molecular complexity index is 606. The minimum Gasteiger partial charge on any atom is -0.497 e. The van der Waals surface area contributed by atoms with Gasteiger partial charge in [0, 0.05) is 6.54 Å². The third kappa shape index (κ3) is 2.38. The highest BCUT2D eigenvalue weighted by Gasteiger charge is 2.46. The lowest BCUT2D eigenvalue weighted by Gasteiger charge is -2.38. The molecule has 1 aliphatic rings. The van der Waals surface area contributed by atoms with E-state index in [0.717, 1.165) is 0 Å². The molecule has 1 aromatic rings. The molecule has 110 valence electrons. The molecule has 0 saturated carbocycles. The van der Waals surface area contributed by atoms with Gasteiger partial charge in [-0.1, -0.05) is 0 Å². The number of carbonyl (C=O) groups excluding carboxylic acids is 1. The van der Waals surface area contributed by atoms with Crippen molar-refractivity contribution in [1.82, 2.24) is 4.31 Å². The van der Waals surface area contributed by atoms with Gasteiger partial charge in [-0.3, -0.25) is 4.79 Å². The molecule has 0 spiro atoms. The molecule has 2 rings (SSSR count). The molecule has 0 aromatic heterocycles. The number of nitrogens with zero attached hydrogens (tertiary/aromatic N) is 1. The van der Waals surface area contributed by atoms with Gasteiger partial charge in [0.15, 0.2) is 0 Å². The quantitative estimate of drug-likeness (QED) is 0.779. The van der Waals surface area contributed by atoms with Crippen LogP contribution in [-0.2, 0) is 19.6 Å². The maximum absolute atomic E-state index is 12.6. The molecule has 0 aliphatic carbocycles. The van der Waals surface area contributed by atoms with Crippen molar-refractivity contribution in [3.63, 3.8) is 0 Å². The minimum atomic E-state index is -3.75. The highest BCUT2D eigenvalue weighted by molar-refractivity contribution is 7.89. The summed E-state index contributed by atoms with van der Waals surface area (Å²) < 4.78 is 36.4. The van der Waals surface area contributed by atoms with Crippen LogP contribution in [0.1, 0.15) is 13.8 Å². The van der Waals surface area contributed by atoms with Crippen molar-refractivity contribution in [2.24, 2.45) is 0 Å². The standard InChI is InChI=1S/C13H17NO5S/c1-13(2)12(15)19-9-8-14(13)20(16,17)11-6-4-10(18-3)5-7-11/h4-7H,8-9H2,1-3H3. The molecule has 7 heteroatoms. The van der Waals surface area contributed by atoms with Gasteiger partial charge in [-0.05, 0) is 38.1 Å². The molecule has 6 nitrogen and oxygen atoms in total. The van der Waals surface area contributed by atoms with Gasteiger partial charge in [0.1, 0.15) is 17.9 Å². The van der Waals surface area contributed by atoms with E-state index in [1.165, 1.54) is 37.4 Å². The van der Waals surface area contributed by atoms with Crippen LogP contribution in [-0.4, -0.2) is 44.5 Å². The Balaban J connectivity index is 2.40. The maximum Gasteiger partial charge on any atom is 0.327 e. The van der Waals surface area contributed by atoms with Crippen LogP contribution in [0.3, 0.4) is 0 Å². The van der Waals surface area contributed by atoms with E-state index >= 15 is 0 Å². The number of methoxy groups -OCH3 is 1. The first-order valence-corrected chi connectivity index (χ1v) is 7.58. The summed E-state index contributed by atoms with van der Waals surface area (Å²) in [5, 5.41) is 0. The number of cyclic esters (lactones) is 1. The highest BCUT2D eigenvalue weighted by Crippen LogP contribution is 2.29. The molecule has 0 atom stereocenters. The second kappa shape index (κ2) is 5.06. The zero-order valence-electron chi connectivity index (χ0n) is 11.6. The molecule has 1 fully saturated rings. The lowest BCUT2D eigenvalue weighted by Crippen LogP contribution is -2.58. The normalized spacial score (nSPS) is 19.4. The SMILES string of the molecule is COc1ccc(S(=O)(=O)N2CCOC(=O)C2(C)C)cc1. The average Bonchev–Trinajstić information content (AvgIpc) is 2.41. The third-order valence-electron chi connectivity index (χ3n) is 3.30. The average molecular weight is 299 g/mol. The first-order chi connectivity index (χ1) is 9.30. The largest absolute Gasteiger partial charge is 0.497 e. The number of hydrogen-bond donors (Lipinski definition) is 0. The molecule has 0 unspecified atom stereocenters. The number of sulfonamides is 1. The van der Waals surface area contributed by atoms with E-state index in [4.69, 9.17) is 9.47 Å². The Morgan fingerprint density at radius 3 is 2.40 bits per heavy atom. The Morgan fingerprint density at radius 2 is 1.85 bits per heavy atom. The van der Waals surface area contributed by atoms with Crippen LogP contribution in [0.4, 0.5) is 0 Å². The van der Waals surface area contributed by atoms with Gasteiger partial charge in [-0.15, -0.1) is 0 Å². The highest BCUT2D eigenvalue weighted by atomic mass is 32.2. The maximum atomic E-state index is 12.6. The van der Waals surface area contributed by atoms with Crippen molar-refractivity contribution in [3.05, 3.63) is 24.3 Å². The van der Waals surface area contributed by atoms with Crippen LogP contribution in [0, 0.1) is 0 Å². The Kier molecular flexibility index (Phi) is 3.75. The van der Waals surface area contributed by atoms with E-state index in [2.05, 4.69) is 0 Å². The van der Waals surface area contributed by atoms with E-state index in [1.807, 2.05) is 0 Å². The molecule has 0 N–H and O–H groups in total. The summed E-state index contributed by atoms with van der Waals surface area (Å²) in [5.74, 6) is 0.0297. The number of esters is 1. The fraction of sp³-hybridized carbons (Fsp3) is 0.462. The van der Waals surface area contributed by atoms with Gasteiger partial charge >= 0.3 is 5.97 Å². The van der Waals surface area contributed by atoms with E-state index in [9.17, 15) is 13.2 Å². The molecule has 0 bridgehead atoms. The number of ether oxygens (including phenoxy) is 2. The van der Waals surface area contributed by atoms with E-state index in [1.54, 1.807) is 12.1 Å². The molecule has 20 heavy (non-hydrogen) atoms. The summed E-state index contributed by atoms with van der Waals surface area (Å²) in [4.78, 5) is 11.9. The van der Waals surface area contributed by atoms with Crippen LogP contribution in [0.5, 0.6) is 5.75 Å². The van der Waals surface area contributed by atoms with Gasteiger partial charge in [0.2, 0.25) is 10.0 Å². The number of morpholine rings is 1. The second-order valence-corrected chi connectivity index (χ2v) is 6.81. The molecular weight excluding hydrogens is 282 g/mol. The zero-order valence-corrected chi connectivity index (χ0v) is 12.4. The fourth-order valence-corrected chi connectivity index (χ4v) is 3.80. The third-order valence-corrected chi connectivity index (χ3v) is 5.39. The Hall–Kier alpha value is -1.60.